The topological polar surface area (TPSA) is 105 Å². The van der Waals surface area contributed by atoms with E-state index in [2.05, 4.69) is 5.43 Å². The van der Waals surface area contributed by atoms with Gasteiger partial charge in [0.05, 0.1) is 11.5 Å². The average molecular weight is 266 g/mol. The lowest BCUT2D eigenvalue weighted by Crippen LogP contribution is -2.42. The van der Waals surface area contributed by atoms with Crippen LogP contribution in [0.3, 0.4) is 0 Å². The Labute approximate surface area is 111 Å². The molecule has 0 amide bonds. The Morgan fingerprint density at radius 3 is 2.74 bits per heavy atom. The van der Waals surface area contributed by atoms with Gasteiger partial charge in [-0.15, -0.1) is 0 Å². The molecule has 0 radical (unpaired) electrons. The molecule has 104 valence electrons. The van der Waals surface area contributed by atoms with Crippen LogP contribution in [0, 0.1) is 10.1 Å². The average Bonchev–Trinajstić information content (AvgIpc) is 2.35. The summed E-state index contributed by atoms with van der Waals surface area (Å²) in [5.41, 5.74) is 3.12. The fourth-order valence-corrected chi connectivity index (χ4v) is 2.38. The number of nitro benzene ring substituents is 1. The van der Waals surface area contributed by atoms with Crippen molar-refractivity contribution in [2.45, 2.75) is 25.3 Å². The van der Waals surface area contributed by atoms with Crippen LogP contribution in [0.1, 0.15) is 19.3 Å². The molecule has 0 spiro atoms. The van der Waals surface area contributed by atoms with Gasteiger partial charge in [0, 0.05) is 12.6 Å². The Bertz CT molecular complexity index is 462. The number of nitrogens with one attached hydrogen (secondary N) is 1. The first-order valence-corrected chi connectivity index (χ1v) is 6.30. The fourth-order valence-electron chi connectivity index (χ4n) is 2.38. The van der Waals surface area contributed by atoms with Gasteiger partial charge in [0.2, 0.25) is 0 Å². The molecule has 7 nitrogen and oxygen atoms in total. The summed E-state index contributed by atoms with van der Waals surface area (Å²) in [6.07, 6.45) is 3.12. The maximum Gasteiger partial charge on any atom is 0.316 e. The van der Waals surface area contributed by atoms with Crippen LogP contribution in [-0.2, 0) is 0 Å². The molecule has 0 bridgehead atoms. The molecule has 1 aliphatic rings. The van der Waals surface area contributed by atoms with Gasteiger partial charge < -0.3 is 15.4 Å². The lowest BCUT2D eigenvalue weighted by molar-refractivity contribution is -0.383. The number of anilines is 2. The number of rotatable bonds is 6. The minimum Gasteiger partial charge on any atom is -0.395 e. The maximum absolute atomic E-state index is 11.3. The van der Waals surface area contributed by atoms with Gasteiger partial charge in [0.25, 0.3) is 0 Å². The molecule has 1 aliphatic carbocycles. The van der Waals surface area contributed by atoms with Gasteiger partial charge >= 0.3 is 5.69 Å². The summed E-state index contributed by atoms with van der Waals surface area (Å²) >= 11 is 0. The summed E-state index contributed by atoms with van der Waals surface area (Å²) in [7, 11) is 0. The molecule has 1 saturated carbocycles. The smallest absolute Gasteiger partial charge is 0.316 e. The third kappa shape index (κ3) is 2.61. The molecule has 0 atom stereocenters. The molecule has 1 fully saturated rings. The third-order valence-corrected chi connectivity index (χ3v) is 3.52. The zero-order valence-electron chi connectivity index (χ0n) is 10.6. The molecule has 7 heteroatoms. The summed E-state index contributed by atoms with van der Waals surface area (Å²) in [6.45, 7) is 0.355. The number of para-hydroxylation sites is 1. The number of benzene rings is 1. The van der Waals surface area contributed by atoms with Crippen molar-refractivity contribution >= 4 is 17.1 Å². The predicted molar refractivity (Wildman–Crippen MR) is 73.0 cm³/mol. The molecular weight excluding hydrogens is 248 g/mol. The van der Waals surface area contributed by atoms with Crippen LogP contribution >= 0.6 is 0 Å². The molecule has 1 aromatic carbocycles. The highest BCUT2D eigenvalue weighted by molar-refractivity contribution is 5.77. The highest BCUT2D eigenvalue weighted by Crippen LogP contribution is 2.38. The number of nitrogens with two attached hydrogens (primary N) is 1. The number of nitro groups is 1. The Balaban J connectivity index is 2.42. The molecule has 0 unspecified atom stereocenters. The molecule has 19 heavy (non-hydrogen) atoms. The summed E-state index contributed by atoms with van der Waals surface area (Å²) in [5, 5.41) is 20.4. The number of nitrogen functional groups attached to an aromatic ring is 1. The van der Waals surface area contributed by atoms with E-state index in [1.165, 1.54) is 0 Å². The standard InChI is InChI=1S/C12H18N4O3/c13-14-10-5-2-6-11(12(10)16(18)19)15(7-8-17)9-3-1-4-9/h2,5-6,9,14,17H,1,3-4,7-8,13H2. The van der Waals surface area contributed by atoms with Crippen LogP contribution in [-0.4, -0.2) is 29.2 Å². The van der Waals surface area contributed by atoms with Crippen molar-refractivity contribution in [3.05, 3.63) is 28.3 Å². The fraction of sp³-hybridized carbons (Fsp3) is 0.500. The van der Waals surface area contributed by atoms with Crippen molar-refractivity contribution in [3.63, 3.8) is 0 Å². The minimum absolute atomic E-state index is 0.0338. The number of hydrogen-bond donors (Lipinski definition) is 3. The van der Waals surface area contributed by atoms with Gasteiger partial charge in [0.15, 0.2) is 0 Å². The van der Waals surface area contributed by atoms with Crippen molar-refractivity contribution in [1.29, 1.82) is 0 Å². The normalized spacial score (nSPS) is 14.8. The highest BCUT2D eigenvalue weighted by atomic mass is 16.6. The van der Waals surface area contributed by atoms with Crippen molar-refractivity contribution in [3.8, 4) is 0 Å². The zero-order chi connectivity index (χ0) is 13.8. The summed E-state index contributed by atoms with van der Waals surface area (Å²) in [4.78, 5) is 12.7. The second-order valence-electron chi connectivity index (χ2n) is 4.58. The molecule has 0 aliphatic heterocycles. The first-order chi connectivity index (χ1) is 9.19. The Morgan fingerprint density at radius 1 is 1.53 bits per heavy atom. The Hall–Kier alpha value is -1.86. The van der Waals surface area contributed by atoms with Gasteiger partial charge in [-0.3, -0.25) is 16.0 Å². The second kappa shape index (κ2) is 5.85. The number of aliphatic hydroxyl groups excluding tert-OH is 1. The predicted octanol–water partition coefficient (Wildman–Crippen LogP) is 1.23. The van der Waals surface area contributed by atoms with E-state index in [-0.39, 0.29) is 24.0 Å². The largest absolute Gasteiger partial charge is 0.395 e. The monoisotopic (exact) mass is 266 g/mol. The van der Waals surface area contributed by atoms with Crippen LogP contribution in [0.15, 0.2) is 18.2 Å². The minimum atomic E-state index is -0.437. The highest BCUT2D eigenvalue weighted by Gasteiger charge is 2.30. The number of aliphatic hydroxyl groups is 1. The lowest BCUT2D eigenvalue weighted by Gasteiger charge is -2.38. The SMILES string of the molecule is NNc1cccc(N(CCO)C2CCC2)c1[N+](=O)[O-]. The maximum atomic E-state index is 11.3. The van der Waals surface area contributed by atoms with Gasteiger partial charge in [-0.1, -0.05) is 6.07 Å². The van der Waals surface area contributed by atoms with Crippen molar-refractivity contribution < 1.29 is 10.0 Å². The lowest BCUT2D eigenvalue weighted by atomic mass is 9.91. The molecule has 4 N–H and O–H groups in total. The summed E-state index contributed by atoms with van der Waals surface area (Å²) in [6, 6.07) is 5.26. The third-order valence-electron chi connectivity index (χ3n) is 3.52. The number of hydrazine groups is 1. The van der Waals surface area contributed by atoms with E-state index in [0.29, 0.717) is 12.2 Å². The van der Waals surface area contributed by atoms with Gasteiger partial charge in [-0.05, 0) is 31.4 Å². The van der Waals surface area contributed by atoms with Crippen LogP contribution in [0.25, 0.3) is 0 Å². The van der Waals surface area contributed by atoms with E-state index in [1.807, 2.05) is 4.90 Å². The van der Waals surface area contributed by atoms with Crippen molar-refractivity contribution in [1.82, 2.24) is 0 Å². The number of hydrogen-bond acceptors (Lipinski definition) is 6. The van der Waals surface area contributed by atoms with Crippen LogP contribution in [0.4, 0.5) is 17.1 Å². The van der Waals surface area contributed by atoms with E-state index in [9.17, 15) is 15.2 Å². The quantitative estimate of drug-likeness (QED) is 0.406. The second-order valence-corrected chi connectivity index (χ2v) is 4.58. The first-order valence-electron chi connectivity index (χ1n) is 6.30. The molecule has 0 saturated heterocycles. The number of nitrogens with zero attached hydrogens (tertiary/aromatic N) is 2. The van der Waals surface area contributed by atoms with Gasteiger partial charge in [-0.25, -0.2) is 0 Å². The summed E-state index contributed by atoms with van der Waals surface area (Å²) in [5.74, 6) is 5.33. The van der Waals surface area contributed by atoms with E-state index in [0.717, 1.165) is 19.3 Å². The van der Waals surface area contributed by atoms with E-state index < -0.39 is 4.92 Å². The van der Waals surface area contributed by atoms with Crippen molar-refractivity contribution in [2.75, 3.05) is 23.5 Å². The molecule has 0 aromatic heterocycles. The molecule has 2 rings (SSSR count). The van der Waals surface area contributed by atoms with Crippen LogP contribution in [0.2, 0.25) is 0 Å². The van der Waals surface area contributed by atoms with Gasteiger partial charge in [-0.2, -0.15) is 0 Å². The van der Waals surface area contributed by atoms with E-state index in [4.69, 9.17) is 5.84 Å². The molecule has 0 heterocycles. The molecular formula is C12H18N4O3. The first kappa shape index (κ1) is 13.6. The Kier molecular flexibility index (Phi) is 4.18. The van der Waals surface area contributed by atoms with Crippen LogP contribution < -0.4 is 16.2 Å². The Morgan fingerprint density at radius 2 is 2.26 bits per heavy atom. The van der Waals surface area contributed by atoms with E-state index in [1.54, 1.807) is 18.2 Å². The zero-order valence-corrected chi connectivity index (χ0v) is 10.6. The van der Waals surface area contributed by atoms with E-state index >= 15 is 0 Å². The summed E-state index contributed by atoms with van der Waals surface area (Å²) < 4.78 is 0. The van der Waals surface area contributed by atoms with Gasteiger partial charge in [0.1, 0.15) is 11.4 Å². The van der Waals surface area contributed by atoms with Crippen molar-refractivity contribution in [2.24, 2.45) is 5.84 Å². The molecule has 1 aromatic rings. The van der Waals surface area contributed by atoms with Crippen LogP contribution in [0.5, 0.6) is 0 Å².